The first-order chi connectivity index (χ1) is 11.4. The second kappa shape index (κ2) is 8.18. The molecule has 1 amide bonds. The van der Waals surface area contributed by atoms with Gasteiger partial charge in [-0.25, -0.2) is 0 Å². The minimum absolute atomic E-state index is 0.0142. The first-order valence-electron chi connectivity index (χ1n) is 8.02. The molecule has 0 aliphatic heterocycles. The van der Waals surface area contributed by atoms with E-state index >= 15 is 0 Å². The molecule has 0 heterocycles. The monoisotopic (exact) mass is 346 g/mol. The lowest BCUT2D eigenvalue weighted by Gasteiger charge is -2.21. The van der Waals surface area contributed by atoms with E-state index in [0.29, 0.717) is 5.02 Å². The largest absolute Gasteiger partial charge is 0.378 e. The van der Waals surface area contributed by atoms with Gasteiger partial charge in [-0.05, 0) is 37.3 Å². The summed E-state index contributed by atoms with van der Waals surface area (Å²) < 4.78 is 0. The van der Waals surface area contributed by atoms with E-state index in [1.165, 1.54) is 11.3 Å². The summed E-state index contributed by atoms with van der Waals surface area (Å²) in [6.45, 7) is 2.72. The van der Waals surface area contributed by atoms with E-state index in [4.69, 9.17) is 11.6 Å². The molecule has 4 nitrogen and oxygen atoms in total. The van der Waals surface area contributed by atoms with Crippen LogP contribution in [0.2, 0.25) is 5.02 Å². The van der Waals surface area contributed by atoms with E-state index in [0.717, 1.165) is 17.1 Å². The topological polar surface area (TPSA) is 36.8 Å². The second-order valence-corrected chi connectivity index (χ2v) is 6.74. The van der Waals surface area contributed by atoms with Crippen molar-refractivity contribution in [3.05, 3.63) is 59.1 Å². The van der Waals surface area contributed by atoms with Crippen LogP contribution in [0.4, 0.5) is 11.4 Å². The van der Waals surface area contributed by atoms with Crippen molar-refractivity contribution in [1.29, 1.82) is 0 Å². The van der Waals surface area contributed by atoms with Crippen LogP contribution in [-0.2, 0) is 11.3 Å². The Labute approximate surface area is 149 Å². The van der Waals surface area contributed by atoms with Crippen molar-refractivity contribution in [3.8, 4) is 0 Å². The highest BCUT2D eigenvalue weighted by Gasteiger charge is 2.22. The summed E-state index contributed by atoms with van der Waals surface area (Å²) in [5, 5.41) is 3.54. The first kappa shape index (κ1) is 18.3. The quantitative estimate of drug-likeness (QED) is 0.843. The Kier molecular flexibility index (Phi) is 6.23. The molecule has 0 radical (unpaired) electrons. The second-order valence-electron chi connectivity index (χ2n) is 6.31. The van der Waals surface area contributed by atoms with Gasteiger partial charge in [0, 0.05) is 36.1 Å². The number of benzene rings is 2. The number of halogens is 1. The van der Waals surface area contributed by atoms with E-state index in [1.54, 1.807) is 12.1 Å². The minimum Gasteiger partial charge on any atom is -0.378 e. The number of likely N-dealkylation sites (N-methyl/N-ethyl adjacent to an activating group) is 1. The Balaban J connectivity index is 1.95. The summed E-state index contributed by atoms with van der Waals surface area (Å²) in [5.41, 5.74) is 3.10. The third-order valence-corrected chi connectivity index (χ3v) is 4.40. The van der Waals surface area contributed by atoms with Crippen LogP contribution in [0.5, 0.6) is 0 Å². The van der Waals surface area contributed by atoms with Gasteiger partial charge in [0.2, 0.25) is 0 Å². The molecule has 0 fully saturated rings. The van der Waals surface area contributed by atoms with E-state index in [9.17, 15) is 4.79 Å². The van der Waals surface area contributed by atoms with Crippen molar-refractivity contribution in [2.45, 2.75) is 19.5 Å². The van der Waals surface area contributed by atoms with Crippen LogP contribution in [-0.4, -0.2) is 33.1 Å². The molecule has 0 saturated carbocycles. The van der Waals surface area contributed by atoms with Gasteiger partial charge < -0.3 is 15.1 Å². The van der Waals surface area contributed by atoms with Crippen LogP contribution >= 0.6 is 11.6 Å². The van der Waals surface area contributed by atoms with E-state index in [1.807, 2.05) is 40.2 Å². The molecule has 2 aromatic rings. The van der Waals surface area contributed by atoms with Gasteiger partial charge in [0.15, 0.2) is 6.04 Å². The average Bonchev–Trinajstić information content (AvgIpc) is 2.54. The third-order valence-electron chi connectivity index (χ3n) is 4.16. The lowest BCUT2D eigenvalue weighted by atomic mass is 10.1. The Morgan fingerprint density at radius 1 is 1.21 bits per heavy atom. The van der Waals surface area contributed by atoms with Gasteiger partial charge in [0.05, 0.1) is 7.05 Å². The zero-order valence-corrected chi connectivity index (χ0v) is 15.4. The van der Waals surface area contributed by atoms with E-state index in [2.05, 4.69) is 34.5 Å². The molecule has 2 N–H and O–H groups in total. The normalized spacial score (nSPS) is 13.2. The predicted octanol–water partition coefficient (Wildman–Crippen LogP) is 2.45. The van der Waals surface area contributed by atoms with Gasteiger partial charge in [0.25, 0.3) is 5.91 Å². The van der Waals surface area contributed by atoms with Crippen molar-refractivity contribution in [1.82, 2.24) is 0 Å². The highest BCUT2D eigenvalue weighted by atomic mass is 35.5. The van der Waals surface area contributed by atoms with Crippen LogP contribution in [0.15, 0.2) is 48.5 Å². The molecule has 128 valence electrons. The molecule has 0 aromatic heterocycles. The fourth-order valence-corrected chi connectivity index (χ4v) is 2.62. The van der Waals surface area contributed by atoms with Gasteiger partial charge in [-0.2, -0.15) is 0 Å². The number of amides is 1. The summed E-state index contributed by atoms with van der Waals surface area (Å²) in [7, 11) is 6.07. The lowest BCUT2D eigenvalue weighted by molar-refractivity contribution is -0.907. The summed E-state index contributed by atoms with van der Waals surface area (Å²) in [4.78, 5) is 15.6. The van der Waals surface area contributed by atoms with Gasteiger partial charge in [-0.3, -0.25) is 4.79 Å². The smallest absolute Gasteiger partial charge is 0.282 e. The summed E-state index contributed by atoms with van der Waals surface area (Å²) in [6.07, 6.45) is 0. The number of nitrogens with zero attached hydrogens (tertiary/aromatic N) is 1. The first-order valence-corrected chi connectivity index (χ1v) is 8.39. The molecule has 5 heteroatoms. The number of hydrogen-bond donors (Lipinski definition) is 2. The van der Waals surface area contributed by atoms with Gasteiger partial charge >= 0.3 is 0 Å². The number of rotatable bonds is 6. The number of carbonyl (C=O) groups is 1. The summed E-state index contributed by atoms with van der Waals surface area (Å²) >= 11 is 5.95. The van der Waals surface area contributed by atoms with E-state index in [-0.39, 0.29) is 11.9 Å². The van der Waals surface area contributed by atoms with E-state index < -0.39 is 0 Å². The number of quaternary nitrogens is 1. The van der Waals surface area contributed by atoms with Crippen LogP contribution in [0.3, 0.4) is 0 Å². The highest BCUT2D eigenvalue weighted by Crippen LogP contribution is 2.15. The molecule has 24 heavy (non-hydrogen) atoms. The van der Waals surface area contributed by atoms with Gasteiger partial charge in [0.1, 0.15) is 6.54 Å². The van der Waals surface area contributed by atoms with Crippen LogP contribution < -0.4 is 15.1 Å². The SMILES string of the molecule is C[C@@H](C(=O)Nc1cccc(Cl)c1)[NH+](C)Cc1ccc(N(C)C)cc1. The summed E-state index contributed by atoms with van der Waals surface area (Å²) in [5.74, 6) is -0.0142. The van der Waals surface area contributed by atoms with Crippen LogP contribution in [0.25, 0.3) is 0 Å². The molecule has 0 saturated heterocycles. The highest BCUT2D eigenvalue weighted by molar-refractivity contribution is 6.30. The fraction of sp³-hybridized carbons (Fsp3) is 0.316. The Morgan fingerprint density at radius 3 is 2.46 bits per heavy atom. The third kappa shape index (κ3) is 4.98. The number of carbonyl (C=O) groups excluding carboxylic acids is 1. The van der Waals surface area contributed by atoms with Crippen molar-refractivity contribution in [2.75, 3.05) is 31.4 Å². The molecule has 2 aromatic carbocycles. The zero-order chi connectivity index (χ0) is 17.7. The minimum atomic E-state index is -0.169. The number of anilines is 2. The number of hydrogen-bond acceptors (Lipinski definition) is 2. The molecule has 1 unspecified atom stereocenters. The van der Waals surface area contributed by atoms with Crippen LogP contribution in [0.1, 0.15) is 12.5 Å². The Hall–Kier alpha value is -2.04. The molecule has 0 aliphatic rings. The molecular formula is C19H25ClN3O+. The summed E-state index contributed by atoms with van der Waals surface area (Å²) in [6, 6.07) is 15.4. The molecule has 0 aliphatic carbocycles. The molecule has 0 spiro atoms. The van der Waals surface area contributed by atoms with Crippen LogP contribution in [0, 0.1) is 0 Å². The maximum atomic E-state index is 12.4. The van der Waals surface area contributed by atoms with Gasteiger partial charge in [-0.1, -0.05) is 29.8 Å². The van der Waals surface area contributed by atoms with Crippen molar-refractivity contribution in [2.24, 2.45) is 0 Å². The van der Waals surface area contributed by atoms with Crippen molar-refractivity contribution in [3.63, 3.8) is 0 Å². The van der Waals surface area contributed by atoms with Gasteiger partial charge in [-0.15, -0.1) is 0 Å². The lowest BCUT2D eigenvalue weighted by Crippen LogP contribution is -3.12. The van der Waals surface area contributed by atoms with Crippen molar-refractivity contribution >= 4 is 28.9 Å². The van der Waals surface area contributed by atoms with Crippen molar-refractivity contribution < 1.29 is 9.69 Å². The zero-order valence-electron chi connectivity index (χ0n) is 14.6. The molecular weight excluding hydrogens is 322 g/mol. The standard InChI is InChI=1S/C19H24ClN3O/c1-14(19(24)21-17-7-5-6-16(20)12-17)23(4)13-15-8-10-18(11-9-15)22(2)3/h5-12,14H,13H2,1-4H3,(H,21,24)/p+1/t14-/m0/s1. The molecule has 2 rings (SSSR count). The number of nitrogens with one attached hydrogen (secondary N) is 2. The Morgan fingerprint density at radius 2 is 1.88 bits per heavy atom. The molecule has 2 atom stereocenters. The maximum absolute atomic E-state index is 12.4. The predicted molar refractivity (Wildman–Crippen MR) is 101 cm³/mol. The fourth-order valence-electron chi connectivity index (χ4n) is 2.43. The maximum Gasteiger partial charge on any atom is 0.282 e. The average molecular weight is 347 g/mol. The molecule has 0 bridgehead atoms. The Bertz CT molecular complexity index is 685.